The average molecular weight is 434 g/mol. The van der Waals surface area contributed by atoms with E-state index < -0.39 is 0 Å². The van der Waals surface area contributed by atoms with Crippen molar-refractivity contribution in [3.8, 4) is 11.4 Å². The predicted octanol–water partition coefficient (Wildman–Crippen LogP) is 1.70. The molecule has 2 fully saturated rings. The van der Waals surface area contributed by atoms with Crippen LogP contribution in [0.15, 0.2) is 28.8 Å². The molecule has 2 N–H and O–H groups in total. The van der Waals surface area contributed by atoms with Crippen LogP contribution in [0, 0.1) is 0 Å². The van der Waals surface area contributed by atoms with Crippen molar-refractivity contribution in [2.75, 3.05) is 58.3 Å². The molecule has 0 spiro atoms. The zero-order chi connectivity index (χ0) is 22.6. The van der Waals surface area contributed by atoms with Crippen molar-refractivity contribution in [2.24, 2.45) is 0 Å². The summed E-state index contributed by atoms with van der Waals surface area (Å²) in [5.74, 6) is 1.91. The molecule has 0 radical (unpaired) electrons. The van der Waals surface area contributed by atoms with Crippen molar-refractivity contribution in [2.45, 2.75) is 18.8 Å². The maximum Gasteiger partial charge on any atom is 0.290 e. The molecule has 2 saturated heterocycles. The lowest BCUT2D eigenvalue weighted by molar-refractivity contribution is -0.123. The first-order valence-electron chi connectivity index (χ1n) is 10.2. The second-order valence-corrected chi connectivity index (χ2v) is 7.59. The van der Waals surface area contributed by atoms with Gasteiger partial charge in [-0.05, 0) is 52.2 Å². The number of rotatable bonds is 3. The first kappa shape index (κ1) is 24.3. The summed E-state index contributed by atoms with van der Waals surface area (Å²) in [5, 5.41) is 18.0. The van der Waals surface area contributed by atoms with Crippen LogP contribution in [0.25, 0.3) is 11.4 Å². The first-order chi connectivity index (χ1) is 15.0. The van der Waals surface area contributed by atoms with E-state index in [1.807, 2.05) is 0 Å². The van der Waals surface area contributed by atoms with Gasteiger partial charge in [0.2, 0.25) is 11.7 Å². The summed E-state index contributed by atoms with van der Waals surface area (Å²) >= 11 is 0. The number of aromatic nitrogens is 2. The largest absolute Gasteiger partial charge is 0.483 e. The highest BCUT2D eigenvalue weighted by Gasteiger charge is 2.24. The summed E-state index contributed by atoms with van der Waals surface area (Å²) in [6, 6.07) is 8.53. The minimum atomic E-state index is -0.250. The molecule has 170 valence electrons. The summed E-state index contributed by atoms with van der Waals surface area (Å²) in [6.45, 7) is 6.03. The van der Waals surface area contributed by atoms with Crippen LogP contribution in [0.2, 0.25) is 0 Å². The third-order valence-electron chi connectivity index (χ3n) is 5.48. The standard InChI is InChI=1S/C19H27N5O.2CH2O2/c1-22-8-6-15(7-9-22)19-20-18(21-25-19)16-4-3-5-17(14-16)24-12-10-23(2)11-13-24;2*2-1-3/h3-5,14-15H,6-13H2,1-2H3;2*1H,(H,2,3). The van der Waals surface area contributed by atoms with Crippen LogP contribution in [-0.4, -0.2) is 96.5 Å². The van der Waals surface area contributed by atoms with Crippen molar-refractivity contribution in [1.29, 1.82) is 0 Å². The molecule has 10 heteroatoms. The Labute approximate surface area is 182 Å². The lowest BCUT2D eigenvalue weighted by Crippen LogP contribution is -2.44. The van der Waals surface area contributed by atoms with E-state index in [0.717, 1.165) is 63.6 Å². The molecular formula is C21H31N5O5. The average Bonchev–Trinajstić information content (AvgIpc) is 3.26. The number of carboxylic acid groups (broad SMARTS) is 2. The summed E-state index contributed by atoms with van der Waals surface area (Å²) in [5.41, 5.74) is 2.29. The fourth-order valence-electron chi connectivity index (χ4n) is 3.68. The van der Waals surface area contributed by atoms with Gasteiger partial charge in [0.05, 0.1) is 0 Å². The first-order valence-corrected chi connectivity index (χ1v) is 10.2. The van der Waals surface area contributed by atoms with Crippen molar-refractivity contribution in [3.05, 3.63) is 30.2 Å². The summed E-state index contributed by atoms with van der Waals surface area (Å²) < 4.78 is 5.59. The van der Waals surface area contributed by atoms with Gasteiger partial charge in [-0.15, -0.1) is 0 Å². The van der Waals surface area contributed by atoms with Gasteiger partial charge in [0, 0.05) is 43.3 Å². The number of piperidine rings is 1. The topological polar surface area (TPSA) is 123 Å². The van der Waals surface area contributed by atoms with E-state index in [9.17, 15) is 0 Å². The van der Waals surface area contributed by atoms with Crippen LogP contribution < -0.4 is 4.90 Å². The molecule has 0 unspecified atom stereocenters. The van der Waals surface area contributed by atoms with E-state index in [1.54, 1.807) is 0 Å². The van der Waals surface area contributed by atoms with E-state index in [1.165, 1.54) is 5.69 Å². The molecule has 1 aromatic heterocycles. The van der Waals surface area contributed by atoms with Gasteiger partial charge in [0.25, 0.3) is 12.9 Å². The van der Waals surface area contributed by atoms with Crippen LogP contribution in [0.5, 0.6) is 0 Å². The van der Waals surface area contributed by atoms with Crippen LogP contribution in [-0.2, 0) is 9.59 Å². The molecular weight excluding hydrogens is 402 g/mol. The summed E-state index contributed by atoms with van der Waals surface area (Å²) in [4.78, 5) is 28.6. The number of hydrogen-bond acceptors (Lipinski definition) is 8. The third kappa shape index (κ3) is 7.34. The van der Waals surface area contributed by atoms with Crippen LogP contribution in [0.4, 0.5) is 5.69 Å². The van der Waals surface area contributed by atoms with Gasteiger partial charge in [-0.25, -0.2) is 0 Å². The molecule has 31 heavy (non-hydrogen) atoms. The molecule has 10 nitrogen and oxygen atoms in total. The molecule has 2 aliphatic heterocycles. The lowest BCUT2D eigenvalue weighted by Gasteiger charge is -2.34. The van der Waals surface area contributed by atoms with Gasteiger partial charge in [0.15, 0.2) is 0 Å². The van der Waals surface area contributed by atoms with Crippen LogP contribution >= 0.6 is 0 Å². The number of carbonyl (C=O) groups is 2. The van der Waals surface area contributed by atoms with E-state index in [0.29, 0.717) is 11.7 Å². The maximum atomic E-state index is 8.36. The molecule has 0 amide bonds. The summed E-state index contributed by atoms with van der Waals surface area (Å²) in [6.07, 6.45) is 2.19. The highest BCUT2D eigenvalue weighted by Crippen LogP contribution is 2.29. The fourth-order valence-corrected chi connectivity index (χ4v) is 3.68. The Balaban J connectivity index is 0.000000513. The SMILES string of the molecule is CN1CCC(c2nc(-c3cccc(N4CCN(C)CC4)c3)no2)CC1.O=CO.O=CO. The third-order valence-corrected chi connectivity index (χ3v) is 5.48. The van der Waals surface area contributed by atoms with E-state index in [4.69, 9.17) is 29.3 Å². The zero-order valence-electron chi connectivity index (χ0n) is 18.1. The van der Waals surface area contributed by atoms with Crippen LogP contribution in [0.3, 0.4) is 0 Å². The highest BCUT2D eigenvalue weighted by atomic mass is 16.5. The minimum Gasteiger partial charge on any atom is -0.483 e. The Morgan fingerprint density at radius 3 is 2.16 bits per heavy atom. The normalized spacial score (nSPS) is 17.7. The van der Waals surface area contributed by atoms with Gasteiger partial charge in [-0.1, -0.05) is 17.3 Å². The Hall–Kier alpha value is -2.98. The van der Waals surface area contributed by atoms with Gasteiger partial charge in [0.1, 0.15) is 0 Å². The van der Waals surface area contributed by atoms with E-state index in [2.05, 4.69) is 58.2 Å². The number of benzene rings is 1. The number of likely N-dealkylation sites (tertiary alicyclic amines) is 1. The Morgan fingerprint density at radius 1 is 0.968 bits per heavy atom. The van der Waals surface area contributed by atoms with Crippen molar-refractivity contribution in [1.82, 2.24) is 19.9 Å². The second kappa shape index (κ2) is 12.7. The van der Waals surface area contributed by atoms with Crippen molar-refractivity contribution < 1.29 is 24.3 Å². The molecule has 0 bridgehead atoms. The Kier molecular flexibility index (Phi) is 9.92. The molecule has 4 rings (SSSR count). The van der Waals surface area contributed by atoms with E-state index in [-0.39, 0.29) is 12.9 Å². The van der Waals surface area contributed by atoms with Crippen molar-refractivity contribution in [3.63, 3.8) is 0 Å². The maximum absolute atomic E-state index is 8.36. The zero-order valence-corrected chi connectivity index (χ0v) is 18.1. The fraction of sp³-hybridized carbons (Fsp3) is 0.524. The van der Waals surface area contributed by atoms with Gasteiger partial charge in [-0.3, -0.25) is 9.59 Å². The molecule has 1 aromatic carbocycles. The van der Waals surface area contributed by atoms with Crippen molar-refractivity contribution >= 4 is 18.6 Å². The van der Waals surface area contributed by atoms with Gasteiger partial charge < -0.3 is 29.4 Å². The quantitative estimate of drug-likeness (QED) is 0.691. The number of hydrogen-bond donors (Lipinski definition) is 2. The second-order valence-electron chi connectivity index (χ2n) is 7.59. The van der Waals surface area contributed by atoms with E-state index >= 15 is 0 Å². The van der Waals surface area contributed by atoms with Gasteiger partial charge >= 0.3 is 0 Å². The highest BCUT2D eigenvalue weighted by molar-refractivity contribution is 5.63. The molecule has 0 atom stereocenters. The molecule has 2 aromatic rings. The minimum absolute atomic E-state index is 0.250. The molecule has 2 aliphatic rings. The number of piperazine rings is 1. The predicted molar refractivity (Wildman–Crippen MR) is 116 cm³/mol. The summed E-state index contributed by atoms with van der Waals surface area (Å²) in [7, 11) is 4.34. The van der Waals surface area contributed by atoms with Gasteiger partial charge in [-0.2, -0.15) is 4.98 Å². The number of likely N-dealkylation sites (N-methyl/N-ethyl adjacent to an activating group) is 1. The van der Waals surface area contributed by atoms with Crippen LogP contribution in [0.1, 0.15) is 24.7 Å². The Morgan fingerprint density at radius 2 is 1.55 bits per heavy atom. The monoisotopic (exact) mass is 433 g/mol. The molecule has 3 heterocycles. The molecule has 0 saturated carbocycles. The molecule has 0 aliphatic carbocycles. The smallest absolute Gasteiger partial charge is 0.290 e. The Bertz CT molecular complexity index is 793. The number of anilines is 1. The number of nitrogens with zero attached hydrogens (tertiary/aromatic N) is 5. The lowest BCUT2D eigenvalue weighted by atomic mass is 9.97.